The third-order valence-corrected chi connectivity index (χ3v) is 2.99. The van der Waals surface area contributed by atoms with Gasteiger partial charge in [-0.2, -0.15) is 4.98 Å². The van der Waals surface area contributed by atoms with Gasteiger partial charge in [0, 0.05) is 18.4 Å². The average Bonchev–Trinajstić information content (AvgIpc) is 2.39. The van der Waals surface area contributed by atoms with Crippen LogP contribution in [0.2, 0.25) is 0 Å². The molecule has 0 amide bonds. The van der Waals surface area contributed by atoms with Crippen molar-refractivity contribution in [1.82, 2.24) is 9.97 Å². The molecule has 0 aliphatic carbocycles. The lowest BCUT2D eigenvalue weighted by Crippen LogP contribution is -2.14. The molecule has 0 spiro atoms. The zero-order valence-corrected chi connectivity index (χ0v) is 12.6. The highest BCUT2D eigenvalue weighted by molar-refractivity contribution is 5.62. The molecule has 2 rings (SSSR count). The quantitative estimate of drug-likeness (QED) is 0.883. The van der Waals surface area contributed by atoms with E-state index in [-0.39, 0.29) is 5.41 Å². The van der Waals surface area contributed by atoms with Gasteiger partial charge < -0.3 is 10.6 Å². The van der Waals surface area contributed by atoms with Crippen LogP contribution in [0.4, 0.5) is 17.5 Å². The molecule has 1 aromatic carbocycles. The molecule has 0 unspecified atom stereocenters. The van der Waals surface area contributed by atoms with E-state index in [4.69, 9.17) is 0 Å². The number of nitrogens with one attached hydrogen (secondary N) is 2. The molecule has 0 saturated carbocycles. The summed E-state index contributed by atoms with van der Waals surface area (Å²) in [7, 11) is 0. The van der Waals surface area contributed by atoms with E-state index in [9.17, 15) is 0 Å². The van der Waals surface area contributed by atoms with E-state index in [1.165, 1.54) is 5.56 Å². The number of anilines is 3. The summed E-state index contributed by atoms with van der Waals surface area (Å²) in [5, 5.41) is 6.50. The number of aromatic nitrogens is 2. The molecule has 1 aromatic heterocycles. The standard InChI is InChI=1S/C16H22N4/c1-5-17-15-18-11-10-14(20-15)19-13-9-7-6-8-12(13)16(2,3)4/h6-11H,5H2,1-4H3,(H2,17,18,19,20). The van der Waals surface area contributed by atoms with Crippen molar-refractivity contribution in [3.05, 3.63) is 42.1 Å². The van der Waals surface area contributed by atoms with Gasteiger partial charge >= 0.3 is 0 Å². The predicted molar refractivity (Wildman–Crippen MR) is 84.6 cm³/mol. The van der Waals surface area contributed by atoms with Gasteiger partial charge in [0.2, 0.25) is 5.95 Å². The minimum Gasteiger partial charge on any atom is -0.354 e. The van der Waals surface area contributed by atoms with Crippen molar-refractivity contribution in [2.24, 2.45) is 0 Å². The molecule has 0 aliphatic heterocycles. The number of nitrogens with zero attached hydrogens (tertiary/aromatic N) is 2. The molecule has 2 aromatic rings. The molecule has 4 nitrogen and oxygen atoms in total. The van der Waals surface area contributed by atoms with Gasteiger partial charge in [-0.1, -0.05) is 39.0 Å². The molecule has 1 heterocycles. The van der Waals surface area contributed by atoms with Gasteiger partial charge in [-0.3, -0.25) is 0 Å². The monoisotopic (exact) mass is 270 g/mol. The zero-order chi connectivity index (χ0) is 14.6. The van der Waals surface area contributed by atoms with Crippen molar-refractivity contribution in [3.8, 4) is 0 Å². The highest BCUT2D eigenvalue weighted by atomic mass is 15.1. The first-order valence-electron chi connectivity index (χ1n) is 6.94. The molecule has 0 saturated heterocycles. The van der Waals surface area contributed by atoms with Crippen LogP contribution in [-0.4, -0.2) is 16.5 Å². The van der Waals surface area contributed by atoms with E-state index in [0.717, 1.165) is 18.1 Å². The number of rotatable bonds is 4. The second-order valence-electron chi connectivity index (χ2n) is 5.72. The fourth-order valence-corrected chi connectivity index (χ4v) is 2.06. The highest BCUT2D eigenvalue weighted by Gasteiger charge is 2.17. The minimum atomic E-state index is 0.0844. The molecular formula is C16H22N4. The molecule has 20 heavy (non-hydrogen) atoms. The van der Waals surface area contributed by atoms with Gasteiger partial charge in [0.25, 0.3) is 0 Å². The van der Waals surface area contributed by atoms with E-state index in [1.54, 1.807) is 6.20 Å². The maximum Gasteiger partial charge on any atom is 0.224 e. The second-order valence-corrected chi connectivity index (χ2v) is 5.72. The fourth-order valence-electron chi connectivity index (χ4n) is 2.06. The predicted octanol–water partition coefficient (Wildman–Crippen LogP) is 3.95. The van der Waals surface area contributed by atoms with Crippen LogP contribution >= 0.6 is 0 Å². The number of benzene rings is 1. The van der Waals surface area contributed by atoms with Gasteiger partial charge in [0.05, 0.1) is 0 Å². The molecule has 0 fully saturated rings. The summed E-state index contributed by atoms with van der Waals surface area (Å²) in [6.07, 6.45) is 1.76. The Bertz CT molecular complexity index is 573. The zero-order valence-electron chi connectivity index (χ0n) is 12.6. The second kappa shape index (κ2) is 5.90. The third-order valence-electron chi connectivity index (χ3n) is 2.99. The van der Waals surface area contributed by atoms with Crippen LogP contribution in [0.1, 0.15) is 33.3 Å². The Morgan fingerprint density at radius 2 is 1.85 bits per heavy atom. The van der Waals surface area contributed by atoms with E-state index in [0.29, 0.717) is 5.95 Å². The Morgan fingerprint density at radius 3 is 2.55 bits per heavy atom. The van der Waals surface area contributed by atoms with Crippen molar-refractivity contribution >= 4 is 17.5 Å². The van der Waals surface area contributed by atoms with Crippen LogP contribution in [-0.2, 0) is 5.41 Å². The summed E-state index contributed by atoms with van der Waals surface area (Å²) in [4.78, 5) is 8.63. The van der Waals surface area contributed by atoms with E-state index >= 15 is 0 Å². The van der Waals surface area contributed by atoms with Crippen molar-refractivity contribution in [2.45, 2.75) is 33.1 Å². The summed E-state index contributed by atoms with van der Waals surface area (Å²) in [5.74, 6) is 1.44. The Kier molecular flexibility index (Phi) is 4.23. The first-order valence-corrected chi connectivity index (χ1v) is 6.94. The molecule has 2 N–H and O–H groups in total. The van der Waals surface area contributed by atoms with Gasteiger partial charge in [-0.15, -0.1) is 0 Å². The molecule has 0 radical (unpaired) electrons. The van der Waals surface area contributed by atoms with Gasteiger partial charge in [0.1, 0.15) is 5.82 Å². The largest absolute Gasteiger partial charge is 0.354 e. The average molecular weight is 270 g/mol. The third kappa shape index (κ3) is 3.47. The van der Waals surface area contributed by atoms with Crippen molar-refractivity contribution in [3.63, 3.8) is 0 Å². The number of hydrogen-bond donors (Lipinski definition) is 2. The maximum atomic E-state index is 4.45. The van der Waals surface area contributed by atoms with Crippen LogP contribution < -0.4 is 10.6 Å². The van der Waals surface area contributed by atoms with Crippen molar-refractivity contribution < 1.29 is 0 Å². The molecule has 106 valence electrons. The van der Waals surface area contributed by atoms with Gasteiger partial charge in [-0.25, -0.2) is 4.98 Å². The highest BCUT2D eigenvalue weighted by Crippen LogP contribution is 2.30. The van der Waals surface area contributed by atoms with Crippen LogP contribution in [0.15, 0.2) is 36.5 Å². The number of hydrogen-bond acceptors (Lipinski definition) is 4. The fraction of sp³-hybridized carbons (Fsp3) is 0.375. The van der Waals surface area contributed by atoms with Gasteiger partial charge in [-0.05, 0) is 30.0 Å². The van der Waals surface area contributed by atoms with E-state index in [2.05, 4.69) is 59.6 Å². The molecule has 4 heteroatoms. The Balaban J connectivity index is 2.28. The topological polar surface area (TPSA) is 49.8 Å². The Morgan fingerprint density at radius 1 is 1.10 bits per heavy atom. The first-order chi connectivity index (χ1) is 9.50. The van der Waals surface area contributed by atoms with Crippen LogP contribution in [0, 0.1) is 0 Å². The molecule has 0 atom stereocenters. The van der Waals surface area contributed by atoms with E-state index in [1.807, 2.05) is 19.1 Å². The van der Waals surface area contributed by atoms with Gasteiger partial charge in [0.15, 0.2) is 0 Å². The van der Waals surface area contributed by atoms with Crippen LogP contribution in [0.5, 0.6) is 0 Å². The summed E-state index contributed by atoms with van der Waals surface area (Å²) < 4.78 is 0. The van der Waals surface area contributed by atoms with Crippen molar-refractivity contribution in [1.29, 1.82) is 0 Å². The lowest BCUT2D eigenvalue weighted by molar-refractivity contribution is 0.592. The minimum absolute atomic E-state index is 0.0844. The summed E-state index contributed by atoms with van der Waals surface area (Å²) in [6, 6.07) is 10.2. The summed E-state index contributed by atoms with van der Waals surface area (Å²) >= 11 is 0. The first kappa shape index (κ1) is 14.3. The smallest absolute Gasteiger partial charge is 0.224 e. The van der Waals surface area contributed by atoms with E-state index < -0.39 is 0 Å². The summed E-state index contributed by atoms with van der Waals surface area (Å²) in [6.45, 7) is 9.45. The maximum absolute atomic E-state index is 4.45. The molecule has 0 bridgehead atoms. The van der Waals surface area contributed by atoms with Crippen LogP contribution in [0.25, 0.3) is 0 Å². The molecular weight excluding hydrogens is 248 g/mol. The number of para-hydroxylation sites is 1. The lowest BCUT2D eigenvalue weighted by atomic mass is 9.86. The van der Waals surface area contributed by atoms with Crippen molar-refractivity contribution in [2.75, 3.05) is 17.2 Å². The normalized spacial score (nSPS) is 11.2. The SMILES string of the molecule is CCNc1nccc(Nc2ccccc2C(C)(C)C)n1. The summed E-state index contributed by atoms with van der Waals surface area (Å²) in [5.41, 5.74) is 2.44. The molecule has 0 aliphatic rings. The Labute approximate surface area is 120 Å². The van der Waals surface area contributed by atoms with Crippen LogP contribution in [0.3, 0.4) is 0 Å². The lowest BCUT2D eigenvalue weighted by Gasteiger charge is -2.23. The Hall–Kier alpha value is -2.10.